The minimum atomic E-state index is -0.401. The number of nitrogens with zero attached hydrogens (tertiary/aromatic N) is 1. The second-order valence-corrected chi connectivity index (χ2v) is 5.62. The zero-order valence-electron chi connectivity index (χ0n) is 11.4. The van der Waals surface area contributed by atoms with Gasteiger partial charge in [-0.2, -0.15) is 0 Å². The van der Waals surface area contributed by atoms with Crippen molar-refractivity contribution in [3.63, 3.8) is 0 Å². The number of allylic oxidation sites excluding steroid dienone is 1. The molecule has 0 N–H and O–H groups in total. The van der Waals surface area contributed by atoms with E-state index < -0.39 is 11.9 Å². The third-order valence-electron chi connectivity index (χ3n) is 4.78. The number of para-hydroxylation sites is 1. The van der Waals surface area contributed by atoms with Gasteiger partial charge in [0, 0.05) is 11.5 Å². The molecule has 21 heavy (non-hydrogen) atoms. The second-order valence-electron chi connectivity index (χ2n) is 5.62. The molecule has 1 saturated carbocycles. The predicted octanol–water partition coefficient (Wildman–Crippen LogP) is 1.15. The highest BCUT2D eigenvalue weighted by molar-refractivity contribution is 6.24. The zero-order chi connectivity index (χ0) is 14.7. The van der Waals surface area contributed by atoms with E-state index in [1.165, 1.54) is 12.0 Å². The van der Waals surface area contributed by atoms with Gasteiger partial charge in [-0.25, -0.2) is 4.79 Å². The van der Waals surface area contributed by atoms with Gasteiger partial charge in [0.1, 0.15) is 0 Å². The lowest BCUT2D eigenvalue weighted by molar-refractivity contribution is -0.144. The maximum absolute atomic E-state index is 12.5. The Kier molecular flexibility index (Phi) is 2.37. The van der Waals surface area contributed by atoms with Gasteiger partial charge in [-0.05, 0) is 18.1 Å². The smallest absolute Gasteiger partial charge is 0.333 e. The van der Waals surface area contributed by atoms with Crippen LogP contribution in [0.15, 0.2) is 42.0 Å². The molecule has 0 unspecified atom stereocenters. The van der Waals surface area contributed by atoms with Crippen molar-refractivity contribution < 1.29 is 19.1 Å². The molecule has 5 nitrogen and oxygen atoms in total. The van der Waals surface area contributed by atoms with Crippen LogP contribution in [0.4, 0.5) is 5.69 Å². The Bertz CT molecular complexity index is 693. The summed E-state index contributed by atoms with van der Waals surface area (Å²) >= 11 is 0. The lowest BCUT2D eigenvalue weighted by atomic mass is 9.49. The van der Waals surface area contributed by atoms with E-state index in [0.29, 0.717) is 11.3 Å². The van der Waals surface area contributed by atoms with Crippen LogP contribution in [0.2, 0.25) is 0 Å². The largest absolute Gasteiger partial charge is 0.466 e. The molecule has 1 saturated heterocycles. The number of hydrogen-bond donors (Lipinski definition) is 0. The third kappa shape index (κ3) is 1.38. The summed E-state index contributed by atoms with van der Waals surface area (Å²) in [5.41, 5.74) is 1.14. The minimum Gasteiger partial charge on any atom is -0.466 e. The number of carbonyl (C=O) groups excluding carboxylic acids is 3. The molecule has 4 rings (SSSR count). The summed E-state index contributed by atoms with van der Waals surface area (Å²) in [6, 6.07) is 8.92. The lowest BCUT2D eigenvalue weighted by Gasteiger charge is -2.51. The molecule has 1 aliphatic heterocycles. The van der Waals surface area contributed by atoms with E-state index in [9.17, 15) is 14.4 Å². The van der Waals surface area contributed by atoms with E-state index in [-0.39, 0.29) is 29.6 Å². The number of hydrogen-bond acceptors (Lipinski definition) is 4. The maximum Gasteiger partial charge on any atom is 0.333 e. The summed E-state index contributed by atoms with van der Waals surface area (Å²) in [6.07, 6.45) is 1.78. The molecular formula is C16H13NO4. The van der Waals surface area contributed by atoms with Crippen LogP contribution in [-0.4, -0.2) is 24.9 Å². The summed E-state index contributed by atoms with van der Waals surface area (Å²) in [6.45, 7) is 0. The topological polar surface area (TPSA) is 63.7 Å². The molecule has 4 atom stereocenters. The molecule has 5 heteroatoms. The molecular weight excluding hydrogens is 270 g/mol. The van der Waals surface area contributed by atoms with Crippen molar-refractivity contribution in [2.75, 3.05) is 12.0 Å². The Morgan fingerprint density at radius 3 is 2.38 bits per heavy atom. The fraction of sp³-hybridized carbons (Fsp3) is 0.312. The Labute approximate surface area is 121 Å². The highest BCUT2D eigenvalue weighted by Gasteiger charge is 2.69. The highest BCUT2D eigenvalue weighted by Crippen LogP contribution is 2.61. The van der Waals surface area contributed by atoms with Gasteiger partial charge < -0.3 is 4.74 Å². The van der Waals surface area contributed by atoms with Gasteiger partial charge in [0.2, 0.25) is 11.8 Å². The zero-order valence-corrected chi connectivity index (χ0v) is 11.4. The molecule has 2 amide bonds. The number of fused-ring (bicyclic) bond motifs is 4. The number of rotatable bonds is 2. The van der Waals surface area contributed by atoms with E-state index in [4.69, 9.17) is 4.74 Å². The summed E-state index contributed by atoms with van der Waals surface area (Å²) in [4.78, 5) is 37.9. The van der Waals surface area contributed by atoms with Gasteiger partial charge in [-0.1, -0.05) is 24.3 Å². The van der Waals surface area contributed by atoms with Crippen LogP contribution in [0.3, 0.4) is 0 Å². The van der Waals surface area contributed by atoms with Crippen molar-refractivity contribution in [2.45, 2.75) is 0 Å². The molecule has 0 bridgehead atoms. The number of imide groups is 1. The number of ether oxygens (including phenoxy) is 1. The van der Waals surface area contributed by atoms with Crippen LogP contribution < -0.4 is 4.90 Å². The van der Waals surface area contributed by atoms with Crippen molar-refractivity contribution >= 4 is 23.5 Å². The SMILES string of the molecule is COC(=O)C1=C[C@H]2[C@H]3C(=O)N(c4ccccc4)C(=O)[C@H]3[C@@H]12. The van der Waals surface area contributed by atoms with Crippen molar-refractivity contribution in [1.29, 1.82) is 0 Å². The number of anilines is 1. The first-order valence-corrected chi connectivity index (χ1v) is 6.88. The van der Waals surface area contributed by atoms with Crippen LogP contribution in [0.1, 0.15) is 0 Å². The fourth-order valence-corrected chi connectivity index (χ4v) is 3.77. The maximum atomic E-state index is 12.5. The molecule has 2 fully saturated rings. The number of benzene rings is 1. The van der Waals surface area contributed by atoms with Crippen LogP contribution in [0, 0.1) is 23.7 Å². The Balaban J connectivity index is 1.66. The number of esters is 1. The van der Waals surface area contributed by atoms with Crippen molar-refractivity contribution in [3.05, 3.63) is 42.0 Å². The molecule has 1 aromatic rings. The molecule has 0 radical (unpaired) electrons. The third-order valence-corrected chi connectivity index (χ3v) is 4.78. The number of amides is 2. The van der Waals surface area contributed by atoms with Crippen LogP contribution in [0.5, 0.6) is 0 Å². The summed E-state index contributed by atoms with van der Waals surface area (Å²) < 4.78 is 4.71. The van der Waals surface area contributed by atoms with E-state index >= 15 is 0 Å². The quantitative estimate of drug-likeness (QED) is 0.603. The van der Waals surface area contributed by atoms with Gasteiger partial charge in [-0.15, -0.1) is 0 Å². The average Bonchev–Trinajstić information content (AvgIpc) is 2.68. The van der Waals surface area contributed by atoms with Crippen LogP contribution in [-0.2, 0) is 19.1 Å². The Morgan fingerprint density at radius 1 is 1.05 bits per heavy atom. The van der Waals surface area contributed by atoms with Gasteiger partial charge >= 0.3 is 5.97 Å². The summed E-state index contributed by atoms with van der Waals surface area (Å²) in [7, 11) is 1.32. The summed E-state index contributed by atoms with van der Waals surface area (Å²) in [5.74, 6) is -1.60. The van der Waals surface area contributed by atoms with Gasteiger partial charge in [0.15, 0.2) is 0 Å². The predicted molar refractivity (Wildman–Crippen MR) is 73.0 cm³/mol. The standard InChI is InChI=1S/C16H13NO4/c1-21-16(20)10-7-9-11(10)13-12(9)14(18)17(15(13)19)8-5-3-2-4-6-8/h2-7,9,11-13H,1H3/t9-,11-,12-,13+/m1/s1. The molecule has 3 aliphatic rings. The van der Waals surface area contributed by atoms with E-state index in [1.54, 1.807) is 30.3 Å². The van der Waals surface area contributed by atoms with Crippen molar-refractivity contribution in [3.8, 4) is 0 Å². The molecule has 1 heterocycles. The lowest BCUT2D eigenvalue weighted by Crippen LogP contribution is -2.55. The summed E-state index contributed by atoms with van der Waals surface area (Å²) in [5, 5.41) is 0. The van der Waals surface area contributed by atoms with Crippen LogP contribution >= 0.6 is 0 Å². The van der Waals surface area contributed by atoms with Crippen molar-refractivity contribution in [2.24, 2.45) is 23.7 Å². The molecule has 1 aromatic carbocycles. The normalized spacial score (nSPS) is 32.6. The van der Waals surface area contributed by atoms with Gasteiger partial charge in [0.05, 0.1) is 24.6 Å². The first kappa shape index (κ1) is 12.3. The first-order valence-electron chi connectivity index (χ1n) is 6.88. The average molecular weight is 283 g/mol. The van der Waals surface area contributed by atoms with Gasteiger partial charge in [0.25, 0.3) is 0 Å². The monoisotopic (exact) mass is 283 g/mol. The molecule has 0 aromatic heterocycles. The molecule has 0 spiro atoms. The van der Waals surface area contributed by atoms with E-state index in [2.05, 4.69) is 0 Å². The number of methoxy groups -OCH3 is 1. The molecule has 106 valence electrons. The second kappa shape index (κ2) is 4.04. The Morgan fingerprint density at radius 2 is 1.71 bits per heavy atom. The van der Waals surface area contributed by atoms with Crippen molar-refractivity contribution in [1.82, 2.24) is 0 Å². The molecule has 2 aliphatic carbocycles. The Hall–Kier alpha value is -2.43. The minimum absolute atomic E-state index is 0.00858. The highest BCUT2D eigenvalue weighted by atomic mass is 16.5. The first-order chi connectivity index (χ1) is 10.1. The van der Waals surface area contributed by atoms with Gasteiger partial charge in [-0.3, -0.25) is 14.5 Å². The van der Waals surface area contributed by atoms with E-state index in [1.807, 2.05) is 6.07 Å². The van der Waals surface area contributed by atoms with Crippen LogP contribution in [0.25, 0.3) is 0 Å². The van der Waals surface area contributed by atoms with E-state index in [0.717, 1.165) is 0 Å². The fourth-order valence-electron chi connectivity index (χ4n) is 3.77. The number of carbonyl (C=O) groups is 3.